The summed E-state index contributed by atoms with van der Waals surface area (Å²) in [6, 6.07) is 2.25. The molecule has 0 atom stereocenters. The Morgan fingerprint density at radius 2 is 1.85 bits per heavy atom. The average molecular weight is 361 g/mol. The molecule has 0 unspecified atom stereocenters. The van der Waals surface area contributed by atoms with E-state index in [1.807, 2.05) is 0 Å². The first kappa shape index (κ1) is 11.0. The molecular formula is C8H4BrF2IO. The molecule has 0 aromatic heterocycles. The van der Waals surface area contributed by atoms with E-state index in [2.05, 4.69) is 15.9 Å². The molecule has 0 aliphatic rings. The number of ketones is 1. The van der Waals surface area contributed by atoms with E-state index >= 15 is 0 Å². The number of carbonyl (C=O) groups excluding carboxylic acids is 1. The van der Waals surface area contributed by atoms with Crippen molar-refractivity contribution in [3.63, 3.8) is 0 Å². The summed E-state index contributed by atoms with van der Waals surface area (Å²) in [6.45, 7) is 0. The van der Waals surface area contributed by atoms with Crippen molar-refractivity contribution in [1.29, 1.82) is 0 Å². The topological polar surface area (TPSA) is 17.1 Å². The first-order valence-electron chi connectivity index (χ1n) is 3.30. The van der Waals surface area contributed by atoms with Gasteiger partial charge in [-0.05, 0) is 34.7 Å². The van der Waals surface area contributed by atoms with Gasteiger partial charge in [0.25, 0.3) is 0 Å². The van der Waals surface area contributed by atoms with Gasteiger partial charge in [0, 0.05) is 3.57 Å². The van der Waals surface area contributed by atoms with Crippen LogP contribution in [0.2, 0.25) is 0 Å². The van der Waals surface area contributed by atoms with E-state index in [1.165, 1.54) is 0 Å². The quantitative estimate of drug-likeness (QED) is 0.450. The van der Waals surface area contributed by atoms with Crippen LogP contribution in [0.3, 0.4) is 0 Å². The van der Waals surface area contributed by atoms with Gasteiger partial charge >= 0.3 is 0 Å². The van der Waals surface area contributed by atoms with Crippen LogP contribution in [0, 0.1) is 15.2 Å². The van der Waals surface area contributed by atoms with Gasteiger partial charge in [-0.1, -0.05) is 15.9 Å². The smallest absolute Gasteiger partial charge is 0.179 e. The van der Waals surface area contributed by atoms with Crippen molar-refractivity contribution in [3.05, 3.63) is 32.9 Å². The molecule has 1 aromatic carbocycles. The van der Waals surface area contributed by atoms with Crippen molar-refractivity contribution >= 4 is 44.3 Å². The SMILES string of the molecule is O=C(CBr)c1c(F)cc(I)cc1F. The largest absolute Gasteiger partial charge is 0.293 e. The fourth-order valence-corrected chi connectivity index (χ4v) is 1.70. The van der Waals surface area contributed by atoms with Crippen molar-refractivity contribution < 1.29 is 13.6 Å². The zero-order valence-corrected chi connectivity index (χ0v) is 10.0. The van der Waals surface area contributed by atoms with E-state index in [1.54, 1.807) is 22.6 Å². The van der Waals surface area contributed by atoms with Crippen LogP contribution in [0.4, 0.5) is 8.78 Å². The minimum Gasteiger partial charge on any atom is -0.293 e. The van der Waals surface area contributed by atoms with Gasteiger partial charge in [-0.15, -0.1) is 0 Å². The van der Waals surface area contributed by atoms with Crippen LogP contribution in [0.15, 0.2) is 12.1 Å². The molecule has 0 aliphatic heterocycles. The monoisotopic (exact) mass is 360 g/mol. The van der Waals surface area contributed by atoms with Crippen LogP contribution in [0.1, 0.15) is 10.4 Å². The number of rotatable bonds is 2. The normalized spacial score (nSPS) is 10.2. The van der Waals surface area contributed by atoms with Crippen LogP contribution in [-0.2, 0) is 0 Å². The van der Waals surface area contributed by atoms with Crippen molar-refractivity contribution in [2.24, 2.45) is 0 Å². The number of hydrogen-bond donors (Lipinski definition) is 0. The van der Waals surface area contributed by atoms with Crippen LogP contribution >= 0.6 is 38.5 Å². The molecule has 13 heavy (non-hydrogen) atoms. The van der Waals surface area contributed by atoms with Gasteiger partial charge in [-0.2, -0.15) is 0 Å². The van der Waals surface area contributed by atoms with Gasteiger partial charge in [0.05, 0.1) is 10.9 Å². The Balaban J connectivity index is 3.28. The minimum absolute atomic E-state index is 0.0819. The fraction of sp³-hybridized carbons (Fsp3) is 0.125. The molecule has 0 saturated carbocycles. The maximum Gasteiger partial charge on any atom is 0.179 e. The first-order chi connectivity index (χ1) is 6.06. The first-order valence-corrected chi connectivity index (χ1v) is 5.50. The third-order valence-corrected chi connectivity index (χ3v) is 2.54. The summed E-state index contributed by atoms with van der Waals surface area (Å²) in [6.07, 6.45) is 0. The summed E-state index contributed by atoms with van der Waals surface area (Å²) in [4.78, 5) is 11.0. The Morgan fingerprint density at radius 1 is 1.38 bits per heavy atom. The van der Waals surface area contributed by atoms with Gasteiger partial charge in [-0.3, -0.25) is 4.79 Å². The van der Waals surface area contributed by atoms with Gasteiger partial charge in [0.2, 0.25) is 0 Å². The molecule has 0 amide bonds. The molecule has 1 nitrogen and oxygen atoms in total. The third-order valence-electron chi connectivity index (χ3n) is 1.41. The molecule has 0 heterocycles. The molecule has 0 N–H and O–H groups in total. The van der Waals surface area contributed by atoms with Crippen LogP contribution < -0.4 is 0 Å². The second kappa shape index (κ2) is 4.45. The van der Waals surface area contributed by atoms with Crippen molar-refractivity contribution in [2.45, 2.75) is 0 Å². The van der Waals surface area contributed by atoms with Crippen LogP contribution in [0.5, 0.6) is 0 Å². The van der Waals surface area contributed by atoms with E-state index in [-0.39, 0.29) is 5.33 Å². The lowest BCUT2D eigenvalue weighted by atomic mass is 10.1. The second-order valence-corrected chi connectivity index (χ2v) is 4.11. The Kier molecular flexibility index (Phi) is 3.78. The minimum atomic E-state index is -0.811. The lowest BCUT2D eigenvalue weighted by molar-refractivity contribution is 0.101. The number of halogens is 4. The highest BCUT2D eigenvalue weighted by atomic mass is 127. The van der Waals surface area contributed by atoms with E-state index in [4.69, 9.17) is 0 Å². The Morgan fingerprint density at radius 3 is 2.23 bits per heavy atom. The van der Waals surface area contributed by atoms with Crippen molar-refractivity contribution in [3.8, 4) is 0 Å². The highest BCUT2D eigenvalue weighted by Gasteiger charge is 2.16. The van der Waals surface area contributed by atoms with Crippen LogP contribution in [-0.4, -0.2) is 11.1 Å². The summed E-state index contributed by atoms with van der Waals surface area (Å²) in [5.74, 6) is -2.21. The molecule has 1 aromatic rings. The highest BCUT2D eigenvalue weighted by molar-refractivity contribution is 14.1. The highest BCUT2D eigenvalue weighted by Crippen LogP contribution is 2.17. The predicted molar refractivity (Wildman–Crippen MR) is 57.2 cm³/mol. The lowest BCUT2D eigenvalue weighted by Gasteiger charge is -2.01. The number of alkyl halides is 1. The van der Waals surface area contributed by atoms with E-state index in [0.29, 0.717) is 3.57 Å². The summed E-state index contributed by atoms with van der Waals surface area (Å²) < 4.78 is 26.6. The zero-order chi connectivity index (χ0) is 10.0. The summed E-state index contributed by atoms with van der Waals surface area (Å²) in [5.41, 5.74) is -0.475. The number of carbonyl (C=O) groups is 1. The Hall–Kier alpha value is -0.0400. The van der Waals surface area contributed by atoms with Crippen molar-refractivity contribution in [2.75, 3.05) is 5.33 Å². The Labute approximate surface area is 95.8 Å². The molecular weight excluding hydrogens is 357 g/mol. The molecule has 0 saturated heterocycles. The van der Waals surface area contributed by atoms with Crippen molar-refractivity contribution in [1.82, 2.24) is 0 Å². The van der Waals surface area contributed by atoms with Gasteiger partial charge in [0.1, 0.15) is 11.6 Å². The third kappa shape index (κ3) is 2.46. The van der Waals surface area contributed by atoms with E-state index < -0.39 is 23.0 Å². The Bertz CT molecular complexity index is 331. The lowest BCUT2D eigenvalue weighted by Crippen LogP contribution is -2.07. The number of Topliss-reactive ketones (excluding diaryl/α,β-unsaturated/α-hetero) is 1. The number of hydrogen-bond acceptors (Lipinski definition) is 1. The molecule has 0 fully saturated rings. The standard InChI is InChI=1S/C8H4BrF2IO/c9-3-7(13)8-5(10)1-4(12)2-6(8)11/h1-2H,3H2. The molecule has 1 rings (SSSR count). The van der Waals surface area contributed by atoms with E-state index in [0.717, 1.165) is 12.1 Å². The molecule has 0 bridgehead atoms. The average Bonchev–Trinajstić information content (AvgIpc) is 2.02. The van der Waals surface area contributed by atoms with Gasteiger partial charge < -0.3 is 0 Å². The molecule has 0 aliphatic carbocycles. The summed E-state index contributed by atoms with van der Waals surface area (Å²) in [5, 5.41) is -0.0819. The summed E-state index contributed by atoms with van der Waals surface area (Å²) in [7, 11) is 0. The van der Waals surface area contributed by atoms with Gasteiger partial charge in [-0.25, -0.2) is 8.78 Å². The maximum atomic E-state index is 13.1. The van der Waals surface area contributed by atoms with E-state index in [9.17, 15) is 13.6 Å². The molecule has 70 valence electrons. The predicted octanol–water partition coefficient (Wildman–Crippen LogP) is 3.15. The van der Waals surface area contributed by atoms with Gasteiger partial charge in [0.15, 0.2) is 5.78 Å². The molecule has 0 spiro atoms. The second-order valence-electron chi connectivity index (χ2n) is 2.30. The number of benzene rings is 1. The molecule has 5 heteroatoms. The summed E-state index contributed by atoms with van der Waals surface area (Å²) >= 11 is 4.63. The maximum absolute atomic E-state index is 13.1. The van der Waals surface area contributed by atoms with Crippen LogP contribution in [0.25, 0.3) is 0 Å². The zero-order valence-electron chi connectivity index (χ0n) is 6.28. The molecule has 0 radical (unpaired) electrons. The fourth-order valence-electron chi connectivity index (χ4n) is 0.875.